The third-order valence-electron chi connectivity index (χ3n) is 4.04. The van der Waals surface area contributed by atoms with Crippen LogP contribution in [0.15, 0.2) is 33.2 Å². The average Bonchev–Trinajstić information content (AvgIpc) is 3.18. The molecule has 0 aliphatic heterocycles. The molecule has 6 nitrogen and oxygen atoms in total. The fourth-order valence-corrected chi connectivity index (χ4v) is 3.90. The first kappa shape index (κ1) is 20.8. The van der Waals surface area contributed by atoms with Crippen LogP contribution in [-0.2, 0) is 14.1 Å². The molecule has 2 heterocycles. The lowest BCUT2D eigenvalue weighted by Gasteiger charge is -1.96. The molecule has 0 atom stereocenters. The van der Waals surface area contributed by atoms with Crippen LogP contribution in [0.25, 0.3) is 21.8 Å². The van der Waals surface area contributed by atoms with Gasteiger partial charge in [0.2, 0.25) is 0 Å². The Hall–Kier alpha value is -1.92. The predicted octanol–water partition coefficient (Wildman–Crippen LogP) is 5.66. The van der Waals surface area contributed by atoms with Crippen LogP contribution in [0.2, 0.25) is 10.0 Å². The van der Waals surface area contributed by atoms with Crippen molar-refractivity contribution in [2.75, 3.05) is 0 Å². The zero-order valence-electron chi connectivity index (χ0n) is 14.5. The first-order valence-corrected chi connectivity index (χ1v) is 10.1. The molecule has 0 fully saturated rings. The van der Waals surface area contributed by atoms with Crippen molar-refractivity contribution in [2.24, 2.45) is 14.1 Å². The van der Waals surface area contributed by atoms with Gasteiger partial charge in [-0.3, -0.25) is 14.2 Å². The Morgan fingerprint density at radius 1 is 0.964 bits per heavy atom. The minimum absolute atomic E-state index is 0.478. The minimum Gasteiger partial charge on any atom is -0.296 e. The Kier molecular flexibility index (Phi) is 6.10. The van der Waals surface area contributed by atoms with Gasteiger partial charge in [-0.1, -0.05) is 23.2 Å². The Morgan fingerprint density at radius 2 is 1.46 bits per heavy atom. The normalized spacial score (nSPS) is 10.6. The number of hydrogen-bond acceptors (Lipinski definition) is 4. The summed E-state index contributed by atoms with van der Waals surface area (Å²) in [6.45, 7) is 0. The summed E-state index contributed by atoms with van der Waals surface area (Å²) in [5.74, 6) is 0. The topological polar surface area (TPSA) is 76.5 Å². The number of aldehydes is 1. The molecule has 0 amide bonds. The molecule has 0 aliphatic carbocycles. The molecule has 4 rings (SSSR count). The van der Waals surface area contributed by atoms with E-state index in [0.717, 1.165) is 26.3 Å². The van der Waals surface area contributed by atoms with Crippen molar-refractivity contribution >= 4 is 83.2 Å². The van der Waals surface area contributed by atoms with Crippen LogP contribution in [0.3, 0.4) is 0 Å². The first-order chi connectivity index (χ1) is 13.3. The number of fused-ring (bicyclic) bond motifs is 2. The molecule has 0 spiro atoms. The number of carbonyl (C=O) groups excluding carboxylic acids is 1. The van der Waals surface area contributed by atoms with Gasteiger partial charge in [0.25, 0.3) is 0 Å². The van der Waals surface area contributed by atoms with Crippen molar-refractivity contribution in [3.63, 3.8) is 0 Å². The van der Waals surface area contributed by atoms with E-state index >= 15 is 0 Å². The molecular formula is C18H11Br2Cl2N5O. The van der Waals surface area contributed by atoms with E-state index in [1.54, 1.807) is 14.1 Å². The van der Waals surface area contributed by atoms with Crippen molar-refractivity contribution in [1.29, 1.82) is 5.26 Å². The average molecular weight is 544 g/mol. The molecule has 0 unspecified atom stereocenters. The van der Waals surface area contributed by atoms with Crippen molar-refractivity contribution in [1.82, 2.24) is 19.6 Å². The van der Waals surface area contributed by atoms with E-state index in [0.29, 0.717) is 32.2 Å². The second-order valence-electron chi connectivity index (χ2n) is 5.72. The highest BCUT2D eigenvalue weighted by Gasteiger charge is 2.14. The SMILES string of the molecule is Cn1nc2ccc(Br)c(Cl)c2c1C#N.Cn1nc2ccc(Br)c(Cl)c2c1C=O. The summed E-state index contributed by atoms with van der Waals surface area (Å²) in [7, 11) is 3.44. The lowest BCUT2D eigenvalue weighted by Crippen LogP contribution is -1.95. The van der Waals surface area contributed by atoms with Gasteiger partial charge in [-0.25, -0.2) is 0 Å². The predicted molar refractivity (Wildman–Crippen MR) is 117 cm³/mol. The quantitative estimate of drug-likeness (QED) is 0.290. The standard InChI is InChI=1S/C9H5BrClN3.C9H6BrClN2O/c1-14-7(4-12)8-6(13-14)3-2-5(10)9(8)11;1-13-7(4-14)8-6(12-13)3-2-5(10)9(8)11/h2-3H,1H3;2-4H,1H3. The zero-order valence-corrected chi connectivity index (χ0v) is 19.2. The maximum absolute atomic E-state index is 10.8. The van der Waals surface area contributed by atoms with E-state index in [-0.39, 0.29) is 0 Å². The van der Waals surface area contributed by atoms with E-state index in [2.05, 4.69) is 48.1 Å². The molecule has 0 bridgehead atoms. The number of nitriles is 1. The summed E-state index contributed by atoms with van der Waals surface area (Å²) < 4.78 is 4.60. The molecule has 142 valence electrons. The molecule has 0 saturated heterocycles. The third kappa shape index (κ3) is 3.55. The minimum atomic E-state index is 0.478. The molecule has 2 aromatic carbocycles. The highest BCUT2D eigenvalue weighted by molar-refractivity contribution is 9.10. The largest absolute Gasteiger partial charge is 0.296 e. The summed E-state index contributed by atoms with van der Waals surface area (Å²) in [5, 5.41) is 19.7. The Bertz CT molecular complexity index is 1270. The van der Waals surface area contributed by atoms with E-state index < -0.39 is 0 Å². The molecule has 0 aliphatic rings. The van der Waals surface area contributed by atoms with Gasteiger partial charge in [0.15, 0.2) is 6.29 Å². The smallest absolute Gasteiger partial charge is 0.168 e. The highest BCUT2D eigenvalue weighted by atomic mass is 79.9. The second-order valence-corrected chi connectivity index (χ2v) is 8.19. The van der Waals surface area contributed by atoms with E-state index in [9.17, 15) is 4.79 Å². The van der Waals surface area contributed by atoms with Crippen LogP contribution >= 0.6 is 55.1 Å². The third-order valence-corrected chi connectivity index (χ3v) is 6.61. The van der Waals surface area contributed by atoms with Crippen LogP contribution in [0.4, 0.5) is 0 Å². The first-order valence-electron chi connectivity index (χ1n) is 7.76. The lowest BCUT2D eigenvalue weighted by atomic mass is 10.2. The summed E-state index contributed by atoms with van der Waals surface area (Å²) in [4.78, 5) is 10.8. The fraction of sp³-hybridized carbons (Fsp3) is 0.111. The number of nitrogens with zero attached hydrogens (tertiary/aromatic N) is 5. The van der Waals surface area contributed by atoms with Gasteiger partial charge in [-0.2, -0.15) is 15.5 Å². The van der Waals surface area contributed by atoms with E-state index in [1.807, 2.05) is 24.3 Å². The summed E-state index contributed by atoms with van der Waals surface area (Å²) >= 11 is 18.8. The lowest BCUT2D eigenvalue weighted by molar-refractivity contribution is 0.111. The number of aryl methyl sites for hydroxylation is 2. The summed E-state index contributed by atoms with van der Waals surface area (Å²) in [6.07, 6.45) is 0.758. The fourth-order valence-electron chi connectivity index (χ4n) is 2.73. The van der Waals surface area contributed by atoms with Crippen LogP contribution in [0, 0.1) is 11.3 Å². The molecule has 4 aromatic rings. The van der Waals surface area contributed by atoms with Crippen LogP contribution < -0.4 is 0 Å². The number of rotatable bonds is 1. The Labute approximate surface area is 186 Å². The van der Waals surface area contributed by atoms with Crippen LogP contribution in [-0.4, -0.2) is 25.8 Å². The van der Waals surface area contributed by atoms with Gasteiger partial charge >= 0.3 is 0 Å². The maximum atomic E-state index is 10.8. The van der Waals surface area contributed by atoms with Gasteiger partial charge in [0.1, 0.15) is 17.5 Å². The molecule has 28 heavy (non-hydrogen) atoms. The number of halogens is 4. The van der Waals surface area contributed by atoms with Crippen molar-refractivity contribution in [3.05, 3.63) is 54.6 Å². The number of carbonyl (C=O) groups is 1. The monoisotopic (exact) mass is 541 g/mol. The van der Waals surface area contributed by atoms with Crippen molar-refractivity contribution in [3.8, 4) is 6.07 Å². The number of aromatic nitrogens is 4. The zero-order chi connectivity index (χ0) is 20.6. The van der Waals surface area contributed by atoms with Crippen LogP contribution in [0.5, 0.6) is 0 Å². The Morgan fingerprint density at radius 3 is 2.00 bits per heavy atom. The van der Waals surface area contributed by atoms with E-state index in [1.165, 1.54) is 9.36 Å². The van der Waals surface area contributed by atoms with E-state index in [4.69, 9.17) is 28.5 Å². The van der Waals surface area contributed by atoms with Crippen LogP contribution in [0.1, 0.15) is 16.2 Å². The molecule has 10 heteroatoms. The number of hydrogen-bond donors (Lipinski definition) is 0. The molecule has 0 N–H and O–H groups in total. The van der Waals surface area contributed by atoms with Crippen molar-refractivity contribution < 1.29 is 4.79 Å². The second kappa shape index (κ2) is 8.21. The molecule has 0 saturated carbocycles. The van der Waals surface area contributed by atoms with Gasteiger partial charge in [0, 0.05) is 23.0 Å². The summed E-state index contributed by atoms with van der Waals surface area (Å²) in [6, 6.07) is 9.35. The number of benzene rings is 2. The molecular weight excluding hydrogens is 533 g/mol. The Balaban J connectivity index is 0.000000161. The van der Waals surface area contributed by atoms with Gasteiger partial charge in [-0.15, -0.1) is 0 Å². The van der Waals surface area contributed by atoms with Crippen molar-refractivity contribution in [2.45, 2.75) is 0 Å². The molecule has 2 aromatic heterocycles. The van der Waals surface area contributed by atoms with Gasteiger partial charge in [0.05, 0.1) is 31.9 Å². The van der Waals surface area contributed by atoms with Gasteiger partial charge in [-0.05, 0) is 56.1 Å². The highest BCUT2D eigenvalue weighted by Crippen LogP contribution is 2.33. The maximum Gasteiger partial charge on any atom is 0.168 e. The summed E-state index contributed by atoms with van der Waals surface area (Å²) in [5.41, 5.74) is 2.43. The molecule has 0 radical (unpaired) electrons. The van der Waals surface area contributed by atoms with Gasteiger partial charge < -0.3 is 0 Å².